The van der Waals surface area contributed by atoms with Gasteiger partial charge in [-0.05, 0) is 69.0 Å². The fourth-order valence-electron chi connectivity index (χ4n) is 4.34. The predicted molar refractivity (Wildman–Crippen MR) is 138 cm³/mol. The van der Waals surface area contributed by atoms with Crippen LogP contribution in [0.2, 0.25) is 5.02 Å². The summed E-state index contributed by atoms with van der Waals surface area (Å²) in [6.07, 6.45) is 5.82. The molecule has 1 amide bonds. The van der Waals surface area contributed by atoms with Crippen molar-refractivity contribution < 1.29 is 9.53 Å². The number of aromatic nitrogens is 3. The summed E-state index contributed by atoms with van der Waals surface area (Å²) in [5.74, 6) is 1.76. The molecule has 8 heteroatoms. The second-order valence-corrected chi connectivity index (χ2v) is 10.3. The topological polar surface area (TPSA) is 69.0 Å². The van der Waals surface area contributed by atoms with Gasteiger partial charge in [-0.25, -0.2) is 0 Å². The third-order valence-corrected chi connectivity index (χ3v) is 7.53. The minimum absolute atomic E-state index is 0.0513. The highest BCUT2D eigenvalue weighted by Crippen LogP contribution is 2.33. The van der Waals surface area contributed by atoms with E-state index < -0.39 is 0 Å². The second-order valence-electron chi connectivity index (χ2n) is 8.92. The van der Waals surface area contributed by atoms with E-state index in [4.69, 9.17) is 16.3 Å². The fourth-order valence-corrected chi connectivity index (χ4v) is 5.28. The van der Waals surface area contributed by atoms with Gasteiger partial charge in [-0.3, -0.25) is 9.36 Å². The zero-order valence-electron chi connectivity index (χ0n) is 19.9. The van der Waals surface area contributed by atoms with Crippen molar-refractivity contribution in [3.63, 3.8) is 0 Å². The van der Waals surface area contributed by atoms with E-state index in [1.165, 1.54) is 36.6 Å². The van der Waals surface area contributed by atoms with Crippen LogP contribution in [0.4, 0.5) is 5.69 Å². The molecule has 4 rings (SSSR count). The van der Waals surface area contributed by atoms with Crippen molar-refractivity contribution >= 4 is 35.0 Å². The van der Waals surface area contributed by atoms with Gasteiger partial charge in [0.05, 0.1) is 5.75 Å². The molecule has 0 spiro atoms. The highest BCUT2D eigenvalue weighted by molar-refractivity contribution is 7.99. The lowest BCUT2D eigenvalue weighted by Crippen LogP contribution is -2.19. The number of nitrogens with zero attached hydrogens (tertiary/aromatic N) is 3. The van der Waals surface area contributed by atoms with Gasteiger partial charge in [0.25, 0.3) is 0 Å². The van der Waals surface area contributed by atoms with Crippen molar-refractivity contribution in [1.29, 1.82) is 0 Å². The Kier molecular flexibility index (Phi) is 8.16. The molecular weight excluding hydrogens is 468 g/mol. The van der Waals surface area contributed by atoms with Crippen LogP contribution in [0.15, 0.2) is 41.6 Å². The summed E-state index contributed by atoms with van der Waals surface area (Å²) in [6, 6.07) is 12.0. The summed E-state index contributed by atoms with van der Waals surface area (Å²) >= 11 is 7.57. The van der Waals surface area contributed by atoms with Crippen LogP contribution in [0.5, 0.6) is 5.75 Å². The van der Waals surface area contributed by atoms with E-state index in [-0.39, 0.29) is 11.7 Å². The van der Waals surface area contributed by atoms with Crippen LogP contribution in [0, 0.1) is 20.8 Å². The van der Waals surface area contributed by atoms with Crippen LogP contribution >= 0.6 is 23.4 Å². The average Bonchev–Trinajstić information content (AvgIpc) is 3.23. The Balaban J connectivity index is 1.46. The largest absolute Gasteiger partial charge is 0.486 e. The quantitative estimate of drug-likeness (QED) is 0.351. The number of amides is 1. The van der Waals surface area contributed by atoms with Gasteiger partial charge in [0, 0.05) is 16.8 Å². The number of thioether (sulfide) groups is 1. The molecule has 1 aliphatic rings. The Bertz CT molecular complexity index is 1160. The molecule has 3 aromatic rings. The van der Waals surface area contributed by atoms with Crippen molar-refractivity contribution in [2.75, 3.05) is 11.1 Å². The molecule has 180 valence electrons. The Labute approximate surface area is 210 Å². The van der Waals surface area contributed by atoms with Crippen molar-refractivity contribution in [2.45, 2.75) is 70.7 Å². The van der Waals surface area contributed by atoms with Gasteiger partial charge in [0.15, 0.2) is 11.0 Å². The van der Waals surface area contributed by atoms with E-state index in [2.05, 4.69) is 26.1 Å². The van der Waals surface area contributed by atoms with E-state index in [1.54, 1.807) is 0 Å². The molecule has 0 aliphatic heterocycles. The average molecular weight is 499 g/mol. The molecule has 1 aliphatic carbocycles. The van der Waals surface area contributed by atoms with Crippen LogP contribution in [0.1, 0.15) is 60.7 Å². The van der Waals surface area contributed by atoms with E-state index in [0.717, 1.165) is 51.4 Å². The molecule has 1 heterocycles. The minimum Gasteiger partial charge on any atom is -0.486 e. The Hall–Kier alpha value is -2.51. The van der Waals surface area contributed by atoms with Crippen LogP contribution < -0.4 is 10.1 Å². The first-order chi connectivity index (χ1) is 16.4. The van der Waals surface area contributed by atoms with Gasteiger partial charge >= 0.3 is 0 Å². The van der Waals surface area contributed by atoms with Crippen LogP contribution in [0.3, 0.4) is 0 Å². The van der Waals surface area contributed by atoms with Crippen molar-refractivity contribution in [1.82, 2.24) is 14.8 Å². The smallest absolute Gasteiger partial charge is 0.234 e. The Morgan fingerprint density at radius 3 is 2.62 bits per heavy atom. The highest BCUT2D eigenvalue weighted by atomic mass is 35.5. The molecule has 0 atom stereocenters. The van der Waals surface area contributed by atoms with Crippen LogP contribution in [-0.2, 0) is 11.4 Å². The second kappa shape index (κ2) is 11.3. The van der Waals surface area contributed by atoms with Gasteiger partial charge in [0.1, 0.15) is 12.4 Å². The zero-order valence-corrected chi connectivity index (χ0v) is 21.5. The molecule has 1 saturated carbocycles. The first-order valence-electron chi connectivity index (χ1n) is 11.7. The van der Waals surface area contributed by atoms with Crippen LogP contribution in [0.25, 0.3) is 0 Å². The van der Waals surface area contributed by atoms with Gasteiger partial charge in [-0.2, -0.15) is 0 Å². The normalized spacial score (nSPS) is 14.2. The molecule has 6 nitrogen and oxygen atoms in total. The number of benzene rings is 2. The maximum Gasteiger partial charge on any atom is 0.234 e. The van der Waals surface area contributed by atoms with Gasteiger partial charge < -0.3 is 10.1 Å². The number of nitrogens with one attached hydrogen (secondary N) is 1. The predicted octanol–water partition coefficient (Wildman–Crippen LogP) is 6.67. The lowest BCUT2D eigenvalue weighted by atomic mass is 9.95. The molecule has 0 bridgehead atoms. The summed E-state index contributed by atoms with van der Waals surface area (Å²) in [7, 11) is 0. The number of hydrogen-bond acceptors (Lipinski definition) is 5. The fraction of sp³-hybridized carbons (Fsp3) is 0.423. The number of hydrogen-bond donors (Lipinski definition) is 1. The van der Waals surface area contributed by atoms with E-state index >= 15 is 0 Å². The molecule has 1 aromatic heterocycles. The molecule has 0 radical (unpaired) electrons. The lowest BCUT2D eigenvalue weighted by molar-refractivity contribution is -0.113. The summed E-state index contributed by atoms with van der Waals surface area (Å²) < 4.78 is 8.22. The molecular formula is C26H31ClN4O2S. The molecule has 0 saturated heterocycles. The van der Waals surface area contributed by atoms with Crippen LogP contribution in [-0.4, -0.2) is 26.4 Å². The summed E-state index contributed by atoms with van der Waals surface area (Å²) in [5, 5.41) is 13.4. The minimum atomic E-state index is -0.0513. The lowest BCUT2D eigenvalue weighted by Gasteiger charge is -2.25. The summed E-state index contributed by atoms with van der Waals surface area (Å²) in [4.78, 5) is 12.7. The molecule has 34 heavy (non-hydrogen) atoms. The highest BCUT2D eigenvalue weighted by Gasteiger charge is 2.24. The molecule has 2 aromatic carbocycles. The van der Waals surface area contributed by atoms with E-state index in [1.807, 2.05) is 51.1 Å². The monoisotopic (exact) mass is 498 g/mol. The number of anilines is 1. The van der Waals surface area contributed by atoms with Gasteiger partial charge in [0.2, 0.25) is 5.91 Å². The Morgan fingerprint density at radius 1 is 1.09 bits per heavy atom. The molecule has 1 fully saturated rings. The third-order valence-electron chi connectivity index (χ3n) is 6.16. The van der Waals surface area contributed by atoms with E-state index in [9.17, 15) is 4.79 Å². The Morgan fingerprint density at radius 2 is 1.88 bits per heavy atom. The standard InChI is InChI=1S/C26H31ClN4O2S/c1-17-9-12-23(19(3)13-17)28-25(32)16-34-26-30-29-24(31(26)20-7-5-4-6-8-20)15-33-21-10-11-22(27)18(2)14-21/h9-14,20H,4-8,15-16H2,1-3H3,(H,28,32). The maximum absolute atomic E-state index is 12.7. The third kappa shape index (κ3) is 6.13. The van der Waals surface area contributed by atoms with Gasteiger partial charge in [-0.15, -0.1) is 10.2 Å². The SMILES string of the molecule is Cc1ccc(NC(=O)CSc2nnc(COc3ccc(Cl)c(C)c3)n2C2CCCCC2)c(C)c1. The first kappa shape index (κ1) is 24.6. The number of carbonyl (C=O) groups excluding carboxylic acids is 1. The molecule has 1 N–H and O–H groups in total. The number of carbonyl (C=O) groups is 1. The van der Waals surface area contributed by atoms with E-state index in [0.29, 0.717) is 12.6 Å². The van der Waals surface area contributed by atoms with Crippen molar-refractivity contribution in [2.24, 2.45) is 0 Å². The number of halogens is 1. The van der Waals surface area contributed by atoms with Crippen molar-refractivity contribution in [3.8, 4) is 5.75 Å². The molecule has 0 unspecified atom stereocenters. The number of aryl methyl sites for hydroxylation is 3. The van der Waals surface area contributed by atoms with Crippen molar-refractivity contribution in [3.05, 3.63) is 63.9 Å². The zero-order chi connectivity index (χ0) is 24.1. The first-order valence-corrected chi connectivity index (χ1v) is 13.1. The van der Waals surface area contributed by atoms with Gasteiger partial charge in [-0.1, -0.05) is 60.3 Å². The maximum atomic E-state index is 12.7. The number of rotatable bonds is 8. The summed E-state index contributed by atoms with van der Waals surface area (Å²) in [6.45, 7) is 6.32. The number of ether oxygens (including phenoxy) is 1. The summed E-state index contributed by atoms with van der Waals surface area (Å²) in [5.41, 5.74) is 4.05.